The van der Waals surface area contributed by atoms with Gasteiger partial charge in [0.25, 0.3) is 0 Å². The molecule has 14 nitrogen and oxygen atoms in total. The van der Waals surface area contributed by atoms with Crippen LogP contribution in [0.4, 0.5) is 20.3 Å². The number of anilines is 2. The third-order valence-corrected chi connectivity index (χ3v) is 14.4. The van der Waals surface area contributed by atoms with E-state index in [0.29, 0.717) is 31.1 Å². The van der Waals surface area contributed by atoms with Crippen LogP contribution in [0.5, 0.6) is 11.5 Å². The second-order valence-corrected chi connectivity index (χ2v) is 18.5. The summed E-state index contributed by atoms with van der Waals surface area (Å²) in [6, 6.07) is 19.8. The number of fused-ring (bicyclic) bond motifs is 2. The number of aryl methyl sites for hydroxylation is 1. The standard InChI is InChI=1S/C50H60ClF2N9O5/c1-29-42-40(26-37(52)45(51)44(42)43-36(47(55)64)15-16-39(66-3)46(43)53)67-50(29,32-7-5-4-6-8-32)28-59-33-11-9-31(10-12-33)49(65)57-21-24-62-22-18-30(19-23-62)27-58-34-13-14-35-38(25-34)61(2)60-48(35)56-20-17-41(54)63/h4-8,13-16,25-26,29-31,33,58-59H,9-12,17-24,27-28H2,1-3H3,(H2,54,63)(H2,55,64)(H,56,60)(H,57,65). The van der Waals surface area contributed by atoms with Crippen molar-refractivity contribution in [2.45, 2.75) is 69.4 Å². The Morgan fingerprint density at radius 1 is 0.940 bits per heavy atom. The molecule has 0 radical (unpaired) electrons. The molecular formula is C50H60ClF2N9O5. The molecule has 4 aromatic carbocycles. The molecule has 1 saturated carbocycles. The number of nitrogens with zero attached hydrogens (tertiary/aromatic N) is 3. The number of methoxy groups -OCH3 is 1. The predicted molar refractivity (Wildman–Crippen MR) is 256 cm³/mol. The number of primary amides is 2. The zero-order valence-electron chi connectivity index (χ0n) is 38.2. The lowest BCUT2D eigenvalue weighted by Crippen LogP contribution is -2.48. The maximum atomic E-state index is 16.2. The van der Waals surface area contributed by atoms with Crippen molar-refractivity contribution in [3.63, 3.8) is 0 Å². The van der Waals surface area contributed by atoms with Gasteiger partial charge in [0.1, 0.15) is 11.6 Å². The van der Waals surface area contributed by atoms with Crippen LogP contribution in [0, 0.1) is 23.5 Å². The van der Waals surface area contributed by atoms with Gasteiger partial charge in [-0.1, -0.05) is 48.9 Å². The Labute approximate surface area is 394 Å². The van der Waals surface area contributed by atoms with E-state index in [9.17, 15) is 14.4 Å². The lowest BCUT2D eigenvalue weighted by molar-refractivity contribution is -0.126. The molecule has 3 aliphatic rings. The van der Waals surface area contributed by atoms with E-state index in [1.54, 1.807) is 0 Å². The second-order valence-electron chi connectivity index (χ2n) is 18.1. The number of hydrogen-bond donors (Lipinski definition) is 6. The van der Waals surface area contributed by atoms with E-state index in [2.05, 4.69) is 43.4 Å². The van der Waals surface area contributed by atoms with Gasteiger partial charge in [-0.15, -0.1) is 0 Å². The molecule has 3 heterocycles. The normalized spacial score (nSPS) is 20.8. The number of aromatic nitrogens is 2. The van der Waals surface area contributed by atoms with Gasteiger partial charge in [0, 0.05) is 97.9 Å². The summed E-state index contributed by atoms with van der Waals surface area (Å²) >= 11 is 6.68. The van der Waals surface area contributed by atoms with Crippen LogP contribution < -0.4 is 42.2 Å². The number of carbonyl (C=O) groups excluding carboxylic acids is 3. The number of carbonyl (C=O) groups is 3. The molecule has 5 aromatic rings. The van der Waals surface area contributed by atoms with Gasteiger partial charge in [-0.05, 0) is 93.4 Å². The molecule has 2 fully saturated rings. The highest BCUT2D eigenvalue weighted by Crippen LogP contribution is 2.56. The van der Waals surface area contributed by atoms with Crippen molar-refractivity contribution in [1.82, 2.24) is 25.3 Å². The monoisotopic (exact) mass is 939 g/mol. The number of rotatable bonds is 18. The molecule has 2 unspecified atom stereocenters. The highest BCUT2D eigenvalue weighted by Gasteiger charge is 2.50. The third-order valence-electron chi connectivity index (χ3n) is 14.0. The number of piperidine rings is 1. The molecule has 1 saturated heterocycles. The van der Waals surface area contributed by atoms with Crippen LogP contribution >= 0.6 is 11.6 Å². The first-order valence-corrected chi connectivity index (χ1v) is 23.5. The fraction of sp³-hybridized carbons (Fsp3) is 0.440. The second kappa shape index (κ2) is 20.5. The number of benzene rings is 4. The highest BCUT2D eigenvalue weighted by atomic mass is 35.5. The zero-order chi connectivity index (χ0) is 47.4. The number of nitrogens with two attached hydrogens (primary N) is 2. The summed E-state index contributed by atoms with van der Waals surface area (Å²) in [5.74, 6) is -2.14. The lowest BCUT2D eigenvalue weighted by Gasteiger charge is -2.37. The third kappa shape index (κ3) is 10.0. The Bertz CT molecular complexity index is 2620. The smallest absolute Gasteiger partial charge is 0.249 e. The number of hydrogen-bond acceptors (Lipinski definition) is 10. The molecule has 356 valence electrons. The van der Waals surface area contributed by atoms with Crippen LogP contribution in [-0.2, 0) is 22.2 Å². The van der Waals surface area contributed by atoms with Crippen molar-refractivity contribution in [2.75, 3.05) is 63.6 Å². The van der Waals surface area contributed by atoms with E-state index in [1.165, 1.54) is 25.3 Å². The molecule has 8 rings (SSSR count). The van der Waals surface area contributed by atoms with Gasteiger partial charge in [0.2, 0.25) is 17.7 Å². The van der Waals surface area contributed by atoms with Crippen molar-refractivity contribution in [3.8, 4) is 22.6 Å². The van der Waals surface area contributed by atoms with Crippen molar-refractivity contribution < 1.29 is 32.6 Å². The quantitative estimate of drug-likeness (QED) is 0.0531. The number of amides is 3. The van der Waals surface area contributed by atoms with Crippen molar-refractivity contribution >= 4 is 51.7 Å². The lowest BCUT2D eigenvalue weighted by atomic mass is 9.77. The number of likely N-dealkylation sites (tertiary alicyclic amines) is 1. The molecule has 0 spiro atoms. The van der Waals surface area contributed by atoms with Crippen LogP contribution in [0.2, 0.25) is 5.02 Å². The van der Waals surface area contributed by atoms with Crippen LogP contribution in [-0.4, -0.2) is 91.4 Å². The van der Waals surface area contributed by atoms with Crippen molar-refractivity contribution in [2.24, 2.45) is 30.4 Å². The largest absolute Gasteiger partial charge is 0.494 e. The maximum absolute atomic E-state index is 16.2. The summed E-state index contributed by atoms with van der Waals surface area (Å²) in [6.45, 7) is 6.94. The van der Waals surface area contributed by atoms with Crippen LogP contribution in [0.3, 0.4) is 0 Å². The van der Waals surface area contributed by atoms with Crippen LogP contribution in [0.1, 0.15) is 79.3 Å². The fourth-order valence-corrected chi connectivity index (χ4v) is 10.4. The van der Waals surface area contributed by atoms with Crippen LogP contribution in [0.15, 0.2) is 66.7 Å². The first-order chi connectivity index (χ1) is 32.3. The molecule has 8 N–H and O–H groups in total. The summed E-state index contributed by atoms with van der Waals surface area (Å²) in [4.78, 5) is 39.6. The summed E-state index contributed by atoms with van der Waals surface area (Å²) in [7, 11) is 3.21. The minimum absolute atomic E-state index is 0.00273. The summed E-state index contributed by atoms with van der Waals surface area (Å²) in [5.41, 5.74) is 12.8. The van der Waals surface area contributed by atoms with Crippen molar-refractivity contribution in [1.29, 1.82) is 0 Å². The minimum Gasteiger partial charge on any atom is -0.494 e. The van der Waals surface area contributed by atoms with E-state index in [1.807, 2.05) is 55.1 Å². The average Bonchev–Trinajstić information content (AvgIpc) is 3.79. The van der Waals surface area contributed by atoms with Gasteiger partial charge < -0.3 is 47.1 Å². The SMILES string of the molecule is COc1ccc(C(N)=O)c(-c2c(Cl)c(F)cc3c2C(C)C(CNC2CCC(C(=O)NCCN4CCC(CNc5ccc6c(NCCC(N)=O)nn(C)c6c5)CC4)CC2)(c2ccccc2)O3)c1F. The number of halogens is 3. The van der Waals surface area contributed by atoms with Gasteiger partial charge in [-0.2, -0.15) is 5.10 Å². The van der Waals surface area contributed by atoms with E-state index >= 15 is 8.78 Å². The van der Waals surface area contributed by atoms with E-state index in [4.69, 9.17) is 32.5 Å². The molecule has 67 heavy (non-hydrogen) atoms. The highest BCUT2D eigenvalue weighted by molar-refractivity contribution is 6.34. The Morgan fingerprint density at radius 2 is 1.69 bits per heavy atom. The van der Waals surface area contributed by atoms with E-state index in [0.717, 1.165) is 92.7 Å². The number of ether oxygens (including phenoxy) is 2. The van der Waals surface area contributed by atoms with Gasteiger partial charge >= 0.3 is 0 Å². The molecule has 2 aliphatic heterocycles. The van der Waals surface area contributed by atoms with Crippen molar-refractivity contribution in [3.05, 3.63) is 100 Å². The molecule has 17 heteroatoms. The molecule has 2 atom stereocenters. The predicted octanol–water partition coefficient (Wildman–Crippen LogP) is 7.05. The van der Waals surface area contributed by atoms with Crippen LogP contribution in [0.25, 0.3) is 22.0 Å². The van der Waals surface area contributed by atoms with Gasteiger partial charge in [-0.25, -0.2) is 8.78 Å². The van der Waals surface area contributed by atoms with Gasteiger partial charge in [0.05, 0.1) is 23.2 Å². The van der Waals surface area contributed by atoms with Gasteiger partial charge in [-0.3, -0.25) is 19.1 Å². The van der Waals surface area contributed by atoms with E-state index < -0.39 is 29.1 Å². The average molecular weight is 941 g/mol. The maximum Gasteiger partial charge on any atom is 0.249 e. The zero-order valence-corrected chi connectivity index (χ0v) is 39.0. The Hall–Kier alpha value is -5.97. The molecular weight excluding hydrogens is 880 g/mol. The number of nitrogens with one attached hydrogen (secondary N) is 4. The minimum atomic E-state index is -1.06. The summed E-state index contributed by atoms with van der Waals surface area (Å²) in [6.07, 6.45) is 5.41. The molecule has 0 bridgehead atoms. The first kappa shape index (κ1) is 47.5. The Balaban J connectivity index is 0.820. The fourth-order valence-electron chi connectivity index (χ4n) is 10.2. The first-order valence-electron chi connectivity index (χ1n) is 23.2. The topological polar surface area (TPSA) is 191 Å². The Morgan fingerprint density at radius 3 is 2.39 bits per heavy atom. The van der Waals surface area contributed by atoms with E-state index in [-0.39, 0.29) is 63.4 Å². The molecule has 1 aromatic heterocycles. The van der Waals surface area contributed by atoms with Gasteiger partial charge in [0.15, 0.2) is 23.0 Å². The Kier molecular flexibility index (Phi) is 14.5. The summed E-state index contributed by atoms with van der Waals surface area (Å²) in [5, 5.41) is 19.0. The summed E-state index contributed by atoms with van der Waals surface area (Å²) < 4.78 is 45.8. The molecule has 3 amide bonds. The molecule has 1 aliphatic carbocycles.